The van der Waals surface area contributed by atoms with E-state index in [1.54, 1.807) is 12.1 Å². The summed E-state index contributed by atoms with van der Waals surface area (Å²) in [5, 5.41) is 2.56. The Morgan fingerprint density at radius 2 is 2.10 bits per heavy atom. The van der Waals surface area contributed by atoms with Crippen molar-refractivity contribution in [2.75, 3.05) is 0 Å². The van der Waals surface area contributed by atoms with E-state index < -0.39 is 11.7 Å². The lowest BCUT2D eigenvalue weighted by Gasteiger charge is -2.07. The second kappa shape index (κ2) is 6.12. The summed E-state index contributed by atoms with van der Waals surface area (Å²) in [6.07, 6.45) is 1.38. The molecule has 0 saturated heterocycles. The van der Waals surface area contributed by atoms with Crippen molar-refractivity contribution in [3.05, 3.63) is 69.4 Å². The van der Waals surface area contributed by atoms with Crippen LogP contribution in [0.25, 0.3) is 0 Å². The maximum Gasteiger partial charge on any atom is 0.251 e. The van der Waals surface area contributed by atoms with E-state index in [9.17, 15) is 14.0 Å². The number of benzene rings is 1. The molecule has 0 saturated carbocycles. The zero-order chi connectivity index (χ0) is 14.5. The van der Waals surface area contributed by atoms with Crippen LogP contribution in [-0.4, -0.2) is 10.9 Å². The lowest BCUT2D eigenvalue weighted by molar-refractivity contribution is 0.0950. The molecule has 0 aliphatic heterocycles. The molecule has 0 radical (unpaired) electrons. The van der Waals surface area contributed by atoms with Crippen molar-refractivity contribution in [2.24, 2.45) is 5.73 Å². The fourth-order valence-corrected chi connectivity index (χ4v) is 1.72. The van der Waals surface area contributed by atoms with Crippen LogP contribution in [0.15, 0.2) is 41.3 Å². The predicted molar refractivity (Wildman–Crippen MR) is 72.5 cm³/mol. The minimum absolute atomic E-state index is 0.0440. The van der Waals surface area contributed by atoms with Crippen LogP contribution in [0.4, 0.5) is 4.39 Å². The first-order valence-corrected chi connectivity index (χ1v) is 6.04. The van der Waals surface area contributed by atoms with Gasteiger partial charge in [0.2, 0.25) is 5.56 Å². The topological polar surface area (TPSA) is 88.0 Å². The van der Waals surface area contributed by atoms with Crippen molar-refractivity contribution < 1.29 is 9.18 Å². The minimum atomic E-state index is -0.432. The first-order chi connectivity index (χ1) is 9.60. The Labute approximate surface area is 114 Å². The molecule has 104 valence electrons. The van der Waals surface area contributed by atoms with Crippen LogP contribution in [0.1, 0.15) is 21.5 Å². The molecule has 0 unspecified atom stereocenters. The Morgan fingerprint density at radius 1 is 1.30 bits per heavy atom. The SMILES string of the molecule is NCc1ccc(CNC(=O)c2cc[nH]c(=O)c2)c(F)c1. The summed E-state index contributed by atoms with van der Waals surface area (Å²) in [4.78, 5) is 25.3. The number of amides is 1. The van der Waals surface area contributed by atoms with Crippen LogP contribution >= 0.6 is 0 Å². The highest BCUT2D eigenvalue weighted by Gasteiger charge is 2.08. The molecule has 2 aromatic rings. The summed E-state index contributed by atoms with van der Waals surface area (Å²) < 4.78 is 13.7. The fourth-order valence-electron chi connectivity index (χ4n) is 1.72. The number of rotatable bonds is 4. The van der Waals surface area contributed by atoms with Gasteiger partial charge in [0, 0.05) is 36.5 Å². The predicted octanol–water partition coefficient (Wildman–Crippen LogP) is 0.903. The molecule has 5 nitrogen and oxygen atoms in total. The van der Waals surface area contributed by atoms with E-state index in [4.69, 9.17) is 5.73 Å². The maximum absolute atomic E-state index is 13.7. The van der Waals surface area contributed by atoms with Gasteiger partial charge < -0.3 is 16.0 Å². The van der Waals surface area contributed by atoms with Gasteiger partial charge in [0.05, 0.1) is 0 Å². The molecule has 2 rings (SSSR count). The smallest absolute Gasteiger partial charge is 0.251 e. The summed E-state index contributed by atoms with van der Waals surface area (Å²) >= 11 is 0. The van der Waals surface area contributed by atoms with Gasteiger partial charge >= 0.3 is 0 Å². The normalized spacial score (nSPS) is 10.3. The van der Waals surface area contributed by atoms with E-state index in [1.807, 2.05) is 0 Å². The molecule has 1 amide bonds. The molecule has 0 spiro atoms. The van der Waals surface area contributed by atoms with Crippen LogP contribution in [0.2, 0.25) is 0 Å². The Bertz CT molecular complexity index is 682. The average Bonchev–Trinajstić information content (AvgIpc) is 2.45. The summed E-state index contributed by atoms with van der Waals surface area (Å²) in [6.45, 7) is 0.304. The molecular formula is C14H14FN3O2. The Kier molecular flexibility index (Phi) is 4.27. The van der Waals surface area contributed by atoms with Gasteiger partial charge in [-0.1, -0.05) is 12.1 Å². The standard InChI is InChI=1S/C14H14FN3O2/c15-12-5-9(7-16)1-2-11(12)8-18-14(20)10-3-4-17-13(19)6-10/h1-6H,7-8,16H2,(H,17,19)(H,18,20). The van der Waals surface area contributed by atoms with E-state index in [0.29, 0.717) is 11.1 Å². The lowest BCUT2D eigenvalue weighted by atomic mass is 10.1. The Hall–Kier alpha value is -2.47. The number of aromatic amines is 1. The van der Waals surface area contributed by atoms with Gasteiger partial charge in [-0.3, -0.25) is 9.59 Å². The minimum Gasteiger partial charge on any atom is -0.348 e. The molecule has 1 aromatic heterocycles. The van der Waals surface area contributed by atoms with Gasteiger partial charge in [0.15, 0.2) is 0 Å². The van der Waals surface area contributed by atoms with E-state index in [-0.39, 0.29) is 24.2 Å². The number of nitrogens with one attached hydrogen (secondary N) is 2. The highest BCUT2D eigenvalue weighted by Crippen LogP contribution is 2.10. The van der Waals surface area contributed by atoms with Gasteiger partial charge in [-0.25, -0.2) is 4.39 Å². The third-order valence-corrected chi connectivity index (χ3v) is 2.83. The number of carbonyl (C=O) groups is 1. The number of halogens is 1. The van der Waals surface area contributed by atoms with Gasteiger partial charge in [0.1, 0.15) is 5.82 Å². The van der Waals surface area contributed by atoms with E-state index >= 15 is 0 Å². The van der Waals surface area contributed by atoms with Gasteiger partial charge in [-0.15, -0.1) is 0 Å². The first kappa shape index (κ1) is 14.0. The number of hydrogen-bond donors (Lipinski definition) is 3. The van der Waals surface area contributed by atoms with Crippen LogP contribution in [0.5, 0.6) is 0 Å². The third kappa shape index (κ3) is 3.30. The highest BCUT2D eigenvalue weighted by molar-refractivity contribution is 5.93. The van der Waals surface area contributed by atoms with E-state index in [1.165, 1.54) is 24.4 Å². The number of nitrogens with two attached hydrogens (primary N) is 1. The maximum atomic E-state index is 13.7. The number of H-pyrrole nitrogens is 1. The Balaban J connectivity index is 2.05. The molecule has 0 atom stereocenters. The zero-order valence-corrected chi connectivity index (χ0v) is 10.7. The summed E-state index contributed by atoms with van der Waals surface area (Å²) in [6, 6.07) is 7.29. The monoisotopic (exact) mass is 275 g/mol. The largest absolute Gasteiger partial charge is 0.348 e. The third-order valence-electron chi connectivity index (χ3n) is 2.83. The van der Waals surface area contributed by atoms with Crippen molar-refractivity contribution in [1.29, 1.82) is 0 Å². The molecule has 6 heteroatoms. The Morgan fingerprint density at radius 3 is 2.75 bits per heavy atom. The van der Waals surface area contributed by atoms with Gasteiger partial charge in [-0.05, 0) is 17.7 Å². The van der Waals surface area contributed by atoms with Gasteiger partial charge in [-0.2, -0.15) is 0 Å². The molecule has 1 heterocycles. The number of aromatic nitrogens is 1. The van der Waals surface area contributed by atoms with Crippen molar-refractivity contribution in [1.82, 2.24) is 10.3 Å². The van der Waals surface area contributed by atoms with E-state index in [2.05, 4.69) is 10.3 Å². The fraction of sp³-hybridized carbons (Fsp3) is 0.143. The van der Waals surface area contributed by atoms with Crippen LogP contribution in [0.3, 0.4) is 0 Å². The average molecular weight is 275 g/mol. The molecule has 0 bridgehead atoms. The molecule has 0 aliphatic carbocycles. The highest BCUT2D eigenvalue weighted by atomic mass is 19.1. The van der Waals surface area contributed by atoms with Crippen molar-refractivity contribution in [2.45, 2.75) is 13.1 Å². The zero-order valence-electron chi connectivity index (χ0n) is 10.7. The van der Waals surface area contributed by atoms with Crippen LogP contribution in [0, 0.1) is 5.82 Å². The molecule has 0 aliphatic rings. The van der Waals surface area contributed by atoms with Crippen molar-refractivity contribution in [3.63, 3.8) is 0 Å². The second-order valence-electron chi connectivity index (χ2n) is 4.25. The van der Waals surface area contributed by atoms with Gasteiger partial charge in [0.25, 0.3) is 5.91 Å². The number of hydrogen-bond acceptors (Lipinski definition) is 3. The number of pyridine rings is 1. The molecule has 4 N–H and O–H groups in total. The quantitative estimate of drug-likeness (QED) is 0.774. The lowest BCUT2D eigenvalue weighted by Crippen LogP contribution is -2.24. The van der Waals surface area contributed by atoms with Crippen molar-refractivity contribution >= 4 is 5.91 Å². The van der Waals surface area contributed by atoms with Crippen LogP contribution < -0.4 is 16.6 Å². The molecule has 1 aromatic carbocycles. The molecular weight excluding hydrogens is 261 g/mol. The summed E-state index contributed by atoms with van der Waals surface area (Å²) in [5.74, 6) is -0.849. The molecule has 20 heavy (non-hydrogen) atoms. The number of carbonyl (C=O) groups excluding carboxylic acids is 1. The molecule has 0 fully saturated rings. The second-order valence-corrected chi connectivity index (χ2v) is 4.25. The summed E-state index contributed by atoms with van der Waals surface area (Å²) in [7, 11) is 0. The first-order valence-electron chi connectivity index (χ1n) is 6.04. The van der Waals surface area contributed by atoms with Crippen molar-refractivity contribution in [3.8, 4) is 0 Å². The van der Waals surface area contributed by atoms with E-state index in [0.717, 1.165) is 0 Å². The van der Waals surface area contributed by atoms with Crippen LogP contribution in [-0.2, 0) is 13.1 Å². The summed E-state index contributed by atoms with van der Waals surface area (Å²) in [5.41, 5.74) is 6.33.